The normalized spacial score (nSPS) is 11.0. The number of pyridine rings is 1. The van der Waals surface area contributed by atoms with Crippen molar-refractivity contribution < 1.29 is 0 Å². The van der Waals surface area contributed by atoms with Crippen LogP contribution in [0.5, 0.6) is 0 Å². The minimum atomic E-state index is 0.511. The van der Waals surface area contributed by atoms with Crippen LogP contribution in [0.2, 0.25) is 0 Å². The Morgan fingerprint density at radius 2 is 2.29 bits per heavy atom. The molecular weight excluding hydrogens is 174 g/mol. The molecule has 2 N–H and O–H groups in total. The number of hydrogen-bond acceptors (Lipinski definition) is 2. The molecule has 14 heavy (non-hydrogen) atoms. The van der Waals surface area contributed by atoms with E-state index in [4.69, 9.17) is 5.73 Å². The summed E-state index contributed by atoms with van der Waals surface area (Å²) < 4.78 is 2.13. The summed E-state index contributed by atoms with van der Waals surface area (Å²) in [7, 11) is 0. The van der Waals surface area contributed by atoms with Gasteiger partial charge in [0.1, 0.15) is 5.82 Å². The molecule has 2 heterocycles. The number of rotatable bonds is 3. The molecule has 2 aromatic rings. The topological polar surface area (TPSA) is 43.3 Å². The van der Waals surface area contributed by atoms with Crippen molar-refractivity contribution in [2.75, 3.05) is 0 Å². The van der Waals surface area contributed by atoms with Gasteiger partial charge in [-0.25, -0.2) is 4.98 Å². The van der Waals surface area contributed by atoms with Crippen LogP contribution >= 0.6 is 0 Å². The van der Waals surface area contributed by atoms with Gasteiger partial charge in [0.25, 0.3) is 0 Å². The summed E-state index contributed by atoms with van der Waals surface area (Å²) in [6.45, 7) is 2.67. The molecule has 74 valence electrons. The van der Waals surface area contributed by atoms with Crippen molar-refractivity contribution in [1.29, 1.82) is 0 Å². The average molecular weight is 189 g/mol. The van der Waals surface area contributed by atoms with Gasteiger partial charge in [-0.3, -0.25) is 0 Å². The van der Waals surface area contributed by atoms with Gasteiger partial charge in [-0.15, -0.1) is 0 Å². The number of aromatic nitrogens is 2. The highest BCUT2D eigenvalue weighted by Gasteiger charge is 2.07. The van der Waals surface area contributed by atoms with Gasteiger partial charge in [0.05, 0.1) is 11.2 Å². The Morgan fingerprint density at radius 3 is 3.00 bits per heavy atom. The summed E-state index contributed by atoms with van der Waals surface area (Å²) in [4.78, 5) is 4.54. The van der Waals surface area contributed by atoms with Crippen LogP contribution in [0.1, 0.15) is 24.9 Å². The van der Waals surface area contributed by atoms with Crippen LogP contribution < -0.4 is 5.73 Å². The summed E-state index contributed by atoms with van der Waals surface area (Å²) in [5.41, 5.74) is 7.78. The maximum absolute atomic E-state index is 5.65. The van der Waals surface area contributed by atoms with Gasteiger partial charge < -0.3 is 10.1 Å². The number of hydrogen-bond donors (Lipinski definition) is 1. The molecular formula is C11H15N3. The van der Waals surface area contributed by atoms with E-state index in [2.05, 4.69) is 22.4 Å². The smallest absolute Gasteiger partial charge is 0.113 e. The Labute approximate surface area is 83.6 Å². The van der Waals surface area contributed by atoms with Crippen LogP contribution in [0.25, 0.3) is 5.52 Å². The molecule has 2 aromatic heterocycles. The Balaban J connectivity index is 2.61. The Morgan fingerprint density at radius 1 is 1.43 bits per heavy atom. The first-order valence-corrected chi connectivity index (χ1v) is 5.01. The van der Waals surface area contributed by atoms with Gasteiger partial charge in [0.15, 0.2) is 0 Å². The molecule has 0 amide bonds. The second-order valence-corrected chi connectivity index (χ2v) is 3.38. The minimum absolute atomic E-state index is 0.511. The fraction of sp³-hybridized carbons (Fsp3) is 0.364. The van der Waals surface area contributed by atoms with Crippen molar-refractivity contribution in [3.05, 3.63) is 35.9 Å². The molecule has 0 spiro atoms. The summed E-state index contributed by atoms with van der Waals surface area (Å²) in [6.07, 6.45) is 4.16. The van der Waals surface area contributed by atoms with Gasteiger partial charge in [0, 0.05) is 19.2 Å². The second kappa shape index (κ2) is 3.80. The van der Waals surface area contributed by atoms with Gasteiger partial charge in [-0.1, -0.05) is 13.0 Å². The monoisotopic (exact) mass is 189 g/mol. The Bertz CT molecular complexity index is 431. The fourth-order valence-electron chi connectivity index (χ4n) is 1.72. The molecule has 0 saturated heterocycles. The molecule has 0 aliphatic rings. The second-order valence-electron chi connectivity index (χ2n) is 3.38. The van der Waals surface area contributed by atoms with Crippen molar-refractivity contribution in [3.63, 3.8) is 0 Å². The van der Waals surface area contributed by atoms with Crippen molar-refractivity contribution in [3.8, 4) is 0 Å². The van der Waals surface area contributed by atoms with E-state index in [1.807, 2.05) is 18.3 Å². The van der Waals surface area contributed by atoms with E-state index in [1.165, 1.54) is 0 Å². The third-order valence-electron chi connectivity index (χ3n) is 2.36. The third kappa shape index (κ3) is 1.40. The molecule has 0 aromatic carbocycles. The van der Waals surface area contributed by atoms with Gasteiger partial charge in [-0.2, -0.15) is 0 Å². The van der Waals surface area contributed by atoms with E-state index in [0.717, 1.165) is 29.9 Å². The van der Waals surface area contributed by atoms with Crippen LogP contribution in [-0.2, 0) is 13.0 Å². The SMILES string of the molecule is CCCc1nc(CN)c2ccccn12. The lowest BCUT2D eigenvalue weighted by molar-refractivity contribution is 0.824. The predicted octanol–water partition coefficient (Wildman–Crippen LogP) is 1.75. The van der Waals surface area contributed by atoms with Crippen molar-refractivity contribution in [2.24, 2.45) is 5.73 Å². The highest BCUT2D eigenvalue weighted by atomic mass is 15.0. The van der Waals surface area contributed by atoms with Crippen LogP contribution in [0.4, 0.5) is 0 Å². The highest BCUT2D eigenvalue weighted by Crippen LogP contribution is 2.13. The molecule has 0 bridgehead atoms. The predicted molar refractivity (Wildman–Crippen MR) is 57.1 cm³/mol. The van der Waals surface area contributed by atoms with Gasteiger partial charge >= 0.3 is 0 Å². The number of fused-ring (bicyclic) bond motifs is 1. The molecule has 0 aliphatic heterocycles. The lowest BCUT2D eigenvalue weighted by Gasteiger charge is -1.97. The van der Waals surface area contributed by atoms with E-state index in [-0.39, 0.29) is 0 Å². The van der Waals surface area contributed by atoms with E-state index >= 15 is 0 Å². The minimum Gasteiger partial charge on any atom is -0.325 e. The molecule has 0 saturated carbocycles. The number of nitrogens with two attached hydrogens (primary N) is 1. The van der Waals surface area contributed by atoms with Crippen molar-refractivity contribution >= 4 is 5.52 Å². The standard InChI is InChI=1S/C11H15N3/c1-2-5-11-13-9(8-12)10-6-3-4-7-14(10)11/h3-4,6-7H,2,5,8,12H2,1H3. The van der Waals surface area contributed by atoms with Crippen molar-refractivity contribution in [1.82, 2.24) is 9.38 Å². The maximum Gasteiger partial charge on any atom is 0.113 e. The molecule has 0 unspecified atom stereocenters. The zero-order valence-corrected chi connectivity index (χ0v) is 8.40. The molecule has 0 aliphatic carbocycles. The first-order chi connectivity index (χ1) is 6.86. The summed E-state index contributed by atoms with van der Waals surface area (Å²) in [5, 5.41) is 0. The Kier molecular flexibility index (Phi) is 2.50. The van der Waals surface area contributed by atoms with Gasteiger partial charge in [-0.05, 0) is 18.6 Å². The lowest BCUT2D eigenvalue weighted by atomic mass is 10.3. The first-order valence-electron chi connectivity index (χ1n) is 5.01. The maximum atomic E-state index is 5.65. The van der Waals surface area contributed by atoms with E-state index in [1.54, 1.807) is 0 Å². The molecule has 0 atom stereocenters. The summed E-state index contributed by atoms with van der Waals surface area (Å²) in [5.74, 6) is 1.11. The third-order valence-corrected chi connectivity index (χ3v) is 2.36. The molecule has 0 fully saturated rings. The molecule has 0 radical (unpaired) electrons. The number of nitrogens with zero attached hydrogens (tertiary/aromatic N) is 2. The summed E-state index contributed by atoms with van der Waals surface area (Å²) in [6, 6.07) is 6.11. The largest absolute Gasteiger partial charge is 0.325 e. The van der Waals surface area contributed by atoms with E-state index in [0.29, 0.717) is 6.54 Å². The molecule has 3 nitrogen and oxygen atoms in total. The quantitative estimate of drug-likeness (QED) is 0.799. The molecule has 2 rings (SSSR count). The number of imidazole rings is 1. The fourth-order valence-corrected chi connectivity index (χ4v) is 1.72. The average Bonchev–Trinajstić information content (AvgIpc) is 2.58. The number of aryl methyl sites for hydroxylation is 1. The van der Waals surface area contributed by atoms with Crippen LogP contribution in [0, 0.1) is 0 Å². The van der Waals surface area contributed by atoms with E-state index in [9.17, 15) is 0 Å². The highest BCUT2D eigenvalue weighted by molar-refractivity contribution is 5.53. The van der Waals surface area contributed by atoms with Crippen LogP contribution in [0.15, 0.2) is 24.4 Å². The zero-order valence-electron chi connectivity index (χ0n) is 8.40. The molecule has 3 heteroatoms. The van der Waals surface area contributed by atoms with Crippen LogP contribution in [-0.4, -0.2) is 9.38 Å². The Hall–Kier alpha value is -1.35. The zero-order chi connectivity index (χ0) is 9.97. The lowest BCUT2D eigenvalue weighted by Crippen LogP contribution is -1.97. The first kappa shape index (κ1) is 9.21. The van der Waals surface area contributed by atoms with Gasteiger partial charge in [0.2, 0.25) is 0 Å². The van der Waals surface area contributed by atoms with Crippen LogP contribution in [0.3, 0.4) is 0 Å². The van der Waals surface area contributed by atoms with E-state index < -0.39 is 0 Å². The summed E-state index contributed by atoms with van der Waals surface area (Å²) >= 11 is 0. The van der Waals surface area contributed by atoms with Crippen molar-refractivity contribution in [2.45, 2.75) is 26.3 Å².